The molecule has 0 aliphatic carbocycles. The largest absolute Gasteiger partial charge is 0.361 e. The van der Waals surface area contributed by atoms with E-state index in [0.29, 0.717) is 12.4 Å². The second-order valence-electron chi connectivity index (χ2n) is 4.65. The lowest BCUT2D eigenvalue weighted by atomic mass is 9.98. The van der Waals surface area contributed by atoms with Gasteiger partial charge in [-0.05, 0) is 36.2 Å². The minimum Gasteiger partial charge on any atom is -0.361 e. The van der Waals surface area contributed by atoms with E-state index in [2.05, 4.69) is 50.7 Å². The van der Waals surface area contributed by atoms with E-state index in [9.17, 15) is 0 Å². The molecular formula is C13H16N6. The van der Waals surface area contributed by atoms with Crippen LogP contribution in [0, 0.1) is 0 Å². The smallest absolute Gasteiger partial charge is 0.181 e. The predicted octanol–water partition coefficient (Wildman–Crippen LogP) is 1.33. The zero-order valence-corrected chi connectivity index (χ0v) is 10.7. The number of rotatable bonds is 4. The quantitative estimate of drug-likeness (QED) is 0.656. The van der Waals surface area contributed by atoms with Gasteiger partial charge < -0.3 is 10.7 Å². The van der Waals surface area contributed by atoms with Gasteiger partial charge in [0.15, 0.2) is 5.82 Å². The van der Waals surface area contributed by atoms with Gasteiger partial charge in [-0.2, -0.15) is 5.21 Å². The number of tetrazole rings is 1. The number of aromatic nitrogens is 5. The molecular weight excluding hydrogens is 240 g/mol. The summed E-state index contributed by atoms with van der Waals surface area (Å²) in [5.41, 5.74) is 9.19. The lowest BCUT2D eigenvalue weighted by molar-refractivity contribution is 0.822. The van der Waals surface area contributed by atoms with E-state index < -0.39 is 0 Å². The lowest BCUT2D eigenvalue weighted by Gasteiger charge is -2.08. The number of hydrogen-bond acceptors (Lipinski definition) is 4. The van der Waals surface area contributed by atoms with E-state index in [1.54, 1.807) is 0 Å². The standard InChI is InChI=1S/C13H16N6/c1-8(13-16-18-19-17-13)9-2-3-12-11(6-9)10(4-5-14)7-15-12/h2-3,6-8,15H,4-5,14H2,1H3,(H,16,17,18,19). The highest BCUT2D eigenvalue weighted by atomic mass is 15.5. The van der Waals surface area contributed by atoms with Crippen LogP contribution in [0.25, 0.3) is 10.9 Å². The van der Waals surface area contributed by atoms with E-state index in [0.717, 1.165) is 11.9 Å². The van der Waals surface area contributed by atoms with Gasteiger partial charge in [0.1, 0.15) is 0 Å². The number of aromatic amines is 2. The summed E-state index contributed by atoms with van der Waals surface area (Å²) >= 11 is 0. The number of nitrogens with one attached hydrogen (secondary N) is 2. The second-order valence-corrected chi connectivity index (χ2v) is 4.65. The third-order valence-corrected chi connectivity index (χ3v) is 3.45. The Bertz CT molecular complexity index is 670. The van der Waals surface area contributed by atoms with Crippen LogP contribution < -0.4 is 5.73 Å². The molecule has 19 heavy (non-hydrogen) atoms. The molecule has 1 unspecified atom stereocenters. The molecule has 0 spiro atoms. The van der Waals surface area contributed by atoms with E-state index in [4.69, 9.17) is 5.73 Å². The fourth-order valence-electron chi connectivity index (χ4n) is 2.33. The summed E-state index contributed by atoms with van der Waals surface area (Å²) in [6.07, 6.45) is 2.90. The Kier molecular flexibility index (Phi) is 3.00. The van der Waals surface area contributed by atoms with Crippen LogP contribution >= 0.6 is 0 Å². The number of fused-ring (bicyclic) bond motifs is 1. The molecule has 0 bridgehead atoms. The molecule has 3 aromatic rings. The molecule has 0 aliphatic heterocycles. The van der Waals surface area contributed by atoms with Gasteiger partial charge in [-0.25, -0.2) is 0 Å². The summed E-state index contributed by atoms with van der Waals surface area (Å²) in [4.78, 5) is 3.27. The van der Waals surface area contributed by atoms with Gasteiger partial charge >= 0.3 is 0 Å². The molecule has 3 rings (SSSR count). The Morgan fingerprint density at radius 2 is 2.26 bits per heavy atom. The second kappa shape index (κ2) is 4.81. The summed E-state index contributed by atoms with van der Waals surface area (Å²) in [5.74, 6) is 0.819. The highest BCUT2D eigenvalue weighted by molar-refractivity contribution is 5.84. The van der Waals surface area contributed by atoms with Gasteiger partial charge in [0.25, 0.3) is 0 Å². The average molecular weight is 256 g/mol. The summed E-state index contributed by atoms with van der Waals surface area (Å²) in [7, 11) is 0. The van der Waals surface area contributed by atoms with Crippen LogP contribution in [0.1, 0.15) is 29.8 Å². The summed E-state index contributed by atoms with van der Waals surface area (Å²) in [6, 6.07) is 6.35. The molecule has 2 aromatic heterocycles. The van der Waals surface area contributed by atoms with Gasteiger partial charge in [-0.3, -0.25) is 0 Å². The number of nitrogens with zero attached hydrogens (tertiary/aromatic N) is 3. The summed E-state index contributed by atoms with van der Waals surface area (Å²) in [5, 5.41) is 15.4. The van der Waals surface area contributed by atoms with Gasteiger partial charge in [0.2, 0.25) is 0 Å². The van der Waals surface area contributed by atoms with Crippen LogP contribution in [0.3, 0.4) is 0 Å². The molecule has 6 nitrogen and oxygen atoms in total. The maximum atomic E-state index is 5.64. The normalized spacial score (nSPS) is 12.9. The van der Waals surface area contributed by atoms with Crippen molar-refractivity contribution < 1.29 is 0 Å². The Morgan fingerprint density at radius 1 is 1.37 bits per heavy atom. The summed E-state index contributed by atoms with van der Waals surface area (Å²) in [6.45, 7) is 2.72. The molecule has 0 fully saturated rings. The van der Waals surface area contributed by atoms with Crippen molar-refractivity contribution in [3.8, 4) is 0 Å². The third-order valence-electron chi connectivity index (χ3n) is 3.45. The molecule has 4 N–H and O–H groups in total. The number of benzene rings is 1. The van der Waals surface area contributed by atoms with Crippen LogP contribution in [0.2, 0.25) is 0 Å². The number of nitrogens with two attached hydrogens (primary N) is 1. The molecule has 6 heteroatoms. The molecule has 1 atom stereocenters. The Hall–Kier alpha value is -2.21. The molecule has 0 saturated carbocycles. The first kappa shape index (κ1) is 11.9. The predicted molar refractivity (Wildman–Crippen MR) is 72.8 cm³/mol. The van der Waals surface area contributed by atoms with Crippen molar-refractivity contribution in [3.63, 3.8) is 0 Å². The van der Waals surface area contributed by atoms with E-state index >= 15 is 0 Å². The Morgan fingerprint density at radius 3 is 3.00 bits per heavy atom. The van der Waals surface area contributed by atoms with E-state index in [1.165, 1.54) is 16.5 Å². The fraction of sp³-hybridized carbons (Fsp3) is 0.308. The molecule has 0 radical (unpaired) electrons. The van der Waals surface area contributed by atoms with Crippen LogP contribution in [0.5, 0.6) is 0 Å². The highest BCUT2D eigenvalue weighted by Crippen LogP contribution is 2.26. The first-order chi connectivity index (χ1) is 9.29. The van der Waals surface area contributed by atoms with Crippen LogP contribution in [0.4, 0.5) is 0 Å². The van der Waals surface area contributed by atoms with Gasteiger partial charge in [0.05, 0.1) is 0 Å². The Balaban J connectivity index is 2.02. The van der Waals surface area contributed by atoms with E-state index in [1.807, 2.05) is 6.20 Å². The topological polar surface area (TPSA) is 96.3 Å². The average Bonchev–Trinajstić information content (AvgIpc) is 3.08. The van der Waals surface area contributed by atoms with Crippen LogP contribution in [-0.4, -0.2) is 32.2 Å². The van der Waals surface area contributed by atoms with Gasteiger partial charge in [-0.15, -0.1) is 10.2 Å². The molecule has 1 aromatic carbocycles. The molecule has 0 aliphatic rings. The first-order valence-electron chi connectivity index (χ1n) is 6.33. The minimum atomic E-state index is 0.115. The zero-order valence-electron chi connectivity index (χ0n) is 10.7. The van der Waals surface area contributed by atoms with Crippen molar-refractivity contribution in [2.75, 3.05) is 6.54 Å². The Labute approximate surface area is 110 Å². The van der Waals surface area contributed by atoms with Crippen molar-refractivity contribution >= 4 is 10.9 Å². The maximum absolute atomic E-state index is 5.64. The fourth-order valence-corrected chi connectivity index (χ4v) is 2.33. The van der Waals surface area contributed by atoms with Crippen molar-refractivity contribution in [2.24, 2.45) is 5.73 Å². The molecule has 0 saturated heterocycles. The number of H-pyrrole nitrogens is 2. The molecule has 2 heterocycles. The minimum absolute atomic E-state index is 0.115. The van der Waals surface area contributed by atoms with Crippen LogP contribution in [0.15, 0.2) is 24.4 Å². The van der Waals surface area contributed by atoms with E-state index in [-0.39, 0.29) is 5.92 Å². The SMILES string of the molecule is CC(c1ccc2[nH]cc(CCN)c2c1)c1nn[nH]n1. The maximum Gasteiger partial charge on any atom is 0.181 e. The number of hydrogen-bond donors (Lipinski definition) is 3. The molecule has 98 valence electrons. The van der Waals surface area contributed by atoms with Gasteiger partial charge in [-0.1, -0.05) is 18.2 Å². The third kappa shape index (κ3) is 2.10. The van der Waals surface area contributed by atoms with Crippen molar-refractivity contribution in [3.05, 3.63) is 41.3 Å². The summed E-state index contributed by atoms with van der Waals surface area (Å²) < 4.78 is 0. The lowest BCUT2D eigenvalue weighted by Crippen LogP contribution is -2.02. The van der Waals surface area contributed by atoms with Crippen LogP contribution in [-0.2, 0) is 6.42 Å². The monoisotopic (exact) mass is 256 g/mol. The first-order valence-corrected chi connectivity index (χ1v) is 6.33. The van der Waals surface area contributed by atoms with Crippen molar-refractivity contribution in [1.29, 1.82) is 0 Å². The zero-order chi connectivity index (χ0) is 13.2. The molecule has 0 amide bonds. The van der Waals surface area contributed by atoms with Crippen molar-refractivity contribution in [1.82, 2.24) is 25.6 Å². The highest BCUT2D eigenvalue weighted by Gasteiger charge is 2.14. The van der Waals surface area contributed by atoms with Crippen molar-refractivity contribution in [2.45, 2.75) is 19.3 Å². The van der Waals surface area contributed by atoms with Gasteiger partial charge in [0, 0.05) is 23.0 Å².